The number of hydrazone groups is 1. The van der Waals surface area contributed by atoms with E-state index in [1.54, 1.807) is 37.4 Å². The third-order valence-corrected chi connectivity index (χ3v) is 6.26. The third kappa shape index (κ3) is 4.36. The average molecular weight is 439 g/mol. The van der Waals surface area contributed by atoms with Crippen LogP contribution >= 0.6 is 0 Å². The van der Waals surface area contributed by atoms with Crippen LogP contribution < -0.4 is 10.1 Å². The van der Waals surface area contributed by atoms with Crippen LogP contribution in [-0.4, -0.2) is 25.0 Å². The Kier molecular flexibility index (Phi) is 5.60. The van der Waals surface area contributed by atoms with E-state index in [9.17, 15) is 13.2 Å². The molecule has 160 valence electrons. The van der Waals surface area contributed by atoms with Crippen molar-refractivity contribution in [3.05, 3.63) is 76.9 Å². The minimum Gasteiger partial charge on any atom is -0.455 e. The van der Waals surface area contributed by atoms with Crippen LogP contribution in [0.3, 0.4) is 0 Å². The Bertz CT molecular complexity index is 1250. The lowest BCUT2D eigenvalue weighted by molar-refractivity contribution is 0.0993. The Morgan fingerprint density at radius 2 is 1.87 bits per heavy atom. The Balaban J connectivity index is 1.60. The maximum Gasteiger partial charge on any atom is 0.292 e. The molecule has 0 saturated carbocycles. The van der Waals surface area contributed by atoms with Crippen molar-refractivity contribution in [1.29, 1.82) is 0 Å². The van der Waals surface area contributed by atoms with Gasteiger partial charge < -0.3 is 9.73 Å². The van der Waals surface area contributed by atoms with Gasteiger partial charge in [0, 0.05) is 23.7 Å². The van der Waals surface area contributed by atoms with Crippen molar-refractivity contribution in [2.24, 2.45) is 5.10 Å². The Labute approximate surface area is 180 Å². The number of aryl methyl sites for hydroxylation is 2. The maximum atomic E-state index is 12.8. The first-order valence-corrected chi connectivity index (χ1v) is 11.3. The molecule has 1 aliphatic carbocycles. The molecule has 3 aromatic rings. The van der Waals surface area contributed by atoms with Crippen molar-refractivity contribution >= 4 is 27.5 Å². The monoisotopic (exact) mass is 438 g/mol. The lowest BCUT2D eigenvalue weighted by Crippen LogP contribution is -2.22. The van der Waals surface area contributed by atoms with E-state index in [1.165, 1.54) is 12.1 Å². The van der Waals surface area contributed by atoms with Gasteiger partial charge in [-0.2, -0.15) is 18.4 Å². The molecule has 4 rings (SSSR count). The summed E-state index contributed by atoms with van der Waals surface area (Å²) >= 11 is 0. The van der Waals surface area contributed by atoms with E-state index in [0.29, 0.717) is 41.3 Å². The van der Waals surface area contributed by atoms with Gasteiger partial charge in [0.2, 0.25) is 0 Å². The van der Waals surface area contributed by atoms with Crippen LogP contribution in [0.1, 0.15) is 45.8 Å². The summed E-state index contributed by atoms with van der Waals surface area (Å²) in [6.45, 7) is 3.68. The van der Waals surface area contributed by atoms with E-state index >= 15 is 0 Å². The van der Waals surface area contributed by atoms with Crippen molar-refractivity contribution in [1.82, 2.24) is 9.82 Å². The highest BCUT2D eigenvalue weighted by atomic mass is 32.2. The molecule has 2 heterocycles. The molecule has 2 aromatic heterocycles. The van der Waals surface area contributed by atoms with Crippen LogP contribution in [0.15, 0.2) is 63.1 Å². The van der Waals surface area contributed by atoms with Gasteiger partial charge in [0.15, 0.2) is 5.76 Å². The maximum absolute atomic E-state index is 12.8. The molecule has 0 unspecified atom stereocenters. The second-order valence-corrected chi connectivity index (χ2v) is 9.01. The minimum atomic E-state index is -3.78. The van der Waals surface area contributed by atoms with Gasteiger partial charge in [0.25, 0.3) is 15.9 Å². The average Bonchev–Trinajstić information content (AvgIpc) is 3.12. The van der Waals surface area contributed by atoms with Gasteiger partial charge >= 0.3 is 0 Å². The molecule has 31 heavy (non-hydrogen) atoms. The second kappa shape index (κ2) is 8.35. The van der Waals surface area contributed by atoms with Crippen LogP contribution in [0.25, 0.3) is 0 Å². The molecule has 0 bridgehead atoms. The summed E-state index contributed by atoms with van der Waals surface area (Å²) in [4.78, 5) is 19.4. The quantitative estimate of drug-likeness (QED) is 0.591. The van der Waals surface area contributed by atoms with Crippen molar-refractivity contribution in [2.45, 2.75) is 38.0 Å². The first-order valence-electron chi connectivity index (χ1n) is 9.85. The van der Waals surface area contributed by atoms with Crippen LogP contribution in [-0.2, 0) is 16.4 Å². The number of furan rings is 1. The fourth-order valence-corrected chi connectivity index (χ4v) is 4.33. The number of rotatable bonds is 5. The zero-order chi connectivity index (χ0) is 22.0. The molecule has 1 aliphatic rings. The van der Waals surface area contributed by atoms with Crippen molar-refractivity contribution in [3.8, 4) is 0 Å². The van der Waals surface area contributed by atoms with E-state index in [2.05, 4.69) is 20.2 Å². The number of amides is 1. The topological polar surface area (TPSA) is 114 Å². The minimum absolute atomic E-state index is 0.130. The van der Waals surface area contributed by atoms with Crippen molar-refractivity contribution in [2.75, 3.05) is 5.32 Å². The molecule has 1 aromatic carbocycles. The summed E-state index contributed by atoms with van der Waals surface area (Å²) in [6.07, 6.45) is 3.63. The molecule has 0 aliphatic heterocycles. The lowest BCUT2D eigenvalue weighted by Gasteiger charge is -2.14. The zero-order valence-corrected chi connectivity index (χ0v) is 18.0. The van der Waals surface area contributed by atoms with Crippen molar-refractivity contribution in [3.63, 3.8) is 0 Å². The fraction of sp³-hybridized carbons (Fsp3) is 0.227. The smallest absolute Gasteiger partial charge is 0.292 e. The molecule has 8 nitrogen and oxygen atoms in total. The predicted molar refractivity (Wildman–Crippen MR) is 117 cm³/mol. The number of benzene rings is 1. The number of aromatic nitrogens is 1. The van der Waals surface area contributed by atoms with E-state index in [-0.39, 0.29) is 10.7 Å². The second-order valence-electron chi connectivity index (χ2n) is 7.35. The summed E-state index contributed by atoms with van der Waals surface area (Å²) in [7, 11) is -3.78. The molecule has 0 fully saturated rings. The number of sulfonamides is 1. The highest BCUT2D eigenvalue weighted by molar-refractivity contribution is 7.89. The number of carbonyl (C=O) groups is 1. The first kappa shape index (κ1) is 20.8. The van der Waals surface area contributed by atoms with E-state index in [0.717, 1.165) is 12.0 Å². The Hall–Kier alpha value is -3.46. The van der Waals surface area contributed by atoms with Gasteiger partial charge in [-0.25, -0.2) is 4.98 Å². The standard InChI is InChI=1S/C22H22N4O4S/c1-14-11-12-19(23-13-14)24-22(27)21-15(2)20-17(9-6-10-18(20)30-21)25-26-31(28,29)16-7-4-3-5-8-16/h3-5,7-8,11-13,26H,6,9-10H2,1-2H3,(H,23,24,27)/b25-17+. The number of nitrogens with one attached hydrogen (secondary N) is 2. The highest BCUT2D eigenvalue weighted by Gasteiger charge is 2.28. The molecular formula is C22H22N4O4S. The Morgan fingerprint density at radius 3 is 2.58 bits per heavy atom. The van der Waals surface area contributed by atoms with Gasteiger partial charge in [-0.3, -0.25) is 4.79 Å². The van der Waals surface area contributed by atoms with Gasteiger partial charge in [-0.15, -0.1) is 0 Å². The summed E-state index contributed by atoms with van der Waals surface area (Å²) in [5, 5.41) is 6.91. The van der Waals surface area contributed by atoms with Crippen LogP contribution in [0.2, 0.25) is 0 Å². The number of nitrogens with zero attached hydrogens (tertiary/aromatic N) is 2. The van der Waals surface area contributed by atoms with Gasteiger partial charge in [-0.05, 0) is 50.5 Å². The third-order valence-electron chi connectivity index (χ3n) is 5.04. The molecule has 0 radical (unpaired) electrons. The van der Waals surface area contributed by atoms with Gasteiger partial charge in [0.1, 0.15) is 11.6 Å². The van der Waals surface area contributed by atoms with E-state index < -0.39 is 15.9 Å². The molecule has 0 saturated heterocycles. The molecule has 0 atom stereocenters. The number of carbonyl (C=O) groups excluding carboxylic acids is 1. The molecule has 0 spiro atoms. The summed E-state index contributed by atoms with van der Waals surface area (Å²) in [5.74, 6) is 0.817. The molecule has 2 N–H and O–H groups in total. The normalized spacial score (nSPS) is 14.8. The van der Waals surface area contributed by atoms with Crippen LogP contribution in [0.5, 0.6) is 0 Å². The summed E-state index contributed by atoms with van der Waals surface area (Å²) in [5.41, 5.74) is 2.84. The van der Waals surface area contributed by atoms with Gasteiger partial charge in [0.05, 0.1) is 10.6 Å². The van der Waals surface area contributed by atoms with Crippen molar-refractivity contribution < 1.29 is 17.6 Å². The number of fused-ring (bicyclic) bond motifs is 1. The van der Waals surface area contributed by atoms with Crippen LogP contribution in [0, 0.1) is 13.8 Å². The molecule has 1 amide bonds. The Morgan fingerprint density at radius 1 is 1.10 bits per heavy atom. The lowest BCUT2D eigenvalue weighted by atomic mass is 9.93. The largest absolute Gasteiger partial charge is 0.455 e. The van der Waals surface area contributed by atoms with Gasteiger partial charge in [-0.1, -0.05) is 24.3 Å². The predicted octanol–water partition coefficient (Wildman–Crippen LogP) is 3.56. The van der Waals surface area contributed by atoms with Crippen LogP contribution in [0.4, 0.5) is 5.82 Å². The zero-order valence-electron chi connectivity index (χ0n) is 17.2. The summed E-state index contributed by atoms with van der Waals surface area (Å²) < 4.78 is 30.8. The van der Waals surface area contributed by atoms with E-state index in [4.69, 9.17) is 4.42 Å². The highest BCUT2D eigenvalue weighted by Crippen LogP contribution is 2.30. The molecule has 9 heteroatoms. The number of anilines is 1. The number of pyridine rings is 1. The first-order chi connectivity index (χ1) is 14.8. The summed E-state index contributed by atoms with van der Waals surface area (Å²) in [6, 6.07) is 11.6. The number of hydrogen-bond donors (Lipinski definition) is 2. The molecular weight excluding hydrogens is 416 g/mol. The number of hydrogen-bond acceptors (Lipinski definition) is 6. The fourth-order valence-electron chi connectivity index (χ4n) is 3.48. The van der Waals surface area contributed by atoms with E-state index in [1.807, 2.05) is 13.0 Å². The SMILES string of the molecule is Cc1ccc(NC(=O)c2oc3c(c2C)/C(=N/NS(=O)(=O)c2ccccc2)CCC3)nc1.